The summed E-state index contributed by atoms with van der Waals surface area (Å²) in [5, 5.41) is 46.2. The predicted octanol–water partition coefficient (Wildman–Crippen LogP) is -2.34. The number of aliphatic hydroxyl groups excluding tert-OH is 3. The standard InChI is InChI=1S/C10H13N5O5.C9H11NO3/c11-10-13-7-4(8(19)14-10)12-2-15(7)9-6(18)5(17)3(1-16)20-9;10-8(9(12)13)5-6-1-3-7(11)4-2-6/h2-3,5-6,9,16-18H,1H2,(H3,11,13,14,19);1-4,8,11H,5,10H2,(H,12,13)/t3-,5-,6-,9-;/m1./s1. The lowest BCUT2D eigenvalue weighted by atomic mass is 10.1. The molecule has 0 aliphatic carbocycles. The van der Waals surface area contributed by atoms with Gasteiger partial charge < -0.3 is 41.7 Å². The number of nitrogens with zero attached hydrogens (tertiary/aromatic N) is 3. The Hall–Kier alpha value is -3.56. The number of H-pyrrole nitrogens is 1. The van der Waals surface area contributed by atoms with Crippen molar-refractivity contribution in [1.82, 2.24) is 19.5 Å². The second-order valence-corrected chi connectivity index (χ2v) is 7.32. The Kier molecular flexibility index (Phi) is 7.25. The molecule has 0 amide bonds. The molecular weight excluding hydrogens is 440 g/mol. The summed E-state index contributed by atoms with van der Waals surface area (Å²) in [5.41, 5.74) is 11.2. The molecule has 33 heavy (non-hydrogen) atoms. The minimum absolute atomic E-state index is 0.0388. The van der Waals surface area contributed by atoms with E-state index >= 15 is 0 Å². The van der Waals surface area contributed by atoms with Crippen LogP contribution in [0.1, 0.15) is 11.8 Å². The number of phenols is 1. The topological polar surface area (TPSA) is 243 Å². The lowest BCUT2D eigenvalue weighted by molar-refractivity contribution is -0.138. The summed E-state index contributed by atoms with van der Waals surface area (Å²) in [5.74, 6) is -0.961. The lowest BCUT2D eigenvalue weighted by Gasteiger charge is -2.16. The number of nitrogen functional groups attached to an aromatic ring is 1. The van der Waals surface area contributed by atoms with Crippen molar-refractivity contribution in [2.75, 3.05) is 12.3 Å². The number of carboxylic acid groups (broad SMARTS) is 1. The molecule has 14 nitrogen and oxygen atoms in total. The molecule has 0 saturated carbocycles. The molecule has 3 aromatic rings. The molecule has 1 aromatic carbocycles. The highest BCUT2D eigenvalue weighted by atomic mass is 16.6. The van der Waals surface area contributed by atoms with Gasteiger partial charge in [0.15, 0.2) is 17.4 Å². The number of ether oxygens (including phenoxy) is 1. The van der Waals surface area contributed by atoms with Gasteiger partial charge >= 0.3 is 5.97 Å². The van der Waals surface area contributed by atoms with E-state index in [1.165, 1.54) is 23.0 Å². The third kappa shape index (κ3) is 5.27. The maximum Gasteiger partial charge on any atom is 0.320 e. The first-order valence-electron chi connectivity index (χ1n) is 9.73. The molecule has 10 N–H and O–H groups in total. The summed E-state index contributed by atoms with van der Waals surface area (Å²) in [6, 6.07) is 5.42. The Bertz CT molecular complexity index is 1160. The number of aliphatic carboxylic acids is 1. The zero-order valence-electron chi connectivity index (χ0n) is 17.1. The van der Waals surface area contributed by atoms with Crippen molar-refractivity contribution in [2.24, 2.45) is 5.73 Å². The molecule has 1 aliphatic heterocycles. The van der Waals surface area contributed by atoms with Gasteiger partial charge in [-0.25, -0.2) is 4.98 Å². The van der Waals surface area contributed by atoms with E-state index in [0.717, 1.165) is 5.56 Å². The van der Waals surface area contributed by atoms with Crippen molar-refractivity contribution in [3.63, 3.8) is 0 Å². The zero-order valence-corrected chi connectivity index (χ0v) is 17.1. The number of hydrogen-bond acceptors (Lipinski definition) is 11. The smallest absolute Gasteiger partial charge is 0.320 e. The number of nitrogens with two attached hydrogens (primary N) is 2. The lowest BCUT2D eigenvalue weighted by Crippen LogP contribution is -2.33. The number of imidazole rings is 1. The van der Waals surface area contributed by atoms with E-state index in [1.807, 2.05) is 0 Å². The molecular formula is C19H24N6O8. The number of nitrogens with one attached hydrogen (secondary N) is 1. The molecule has 4 rings (SSSR count). The molecule has 0 spiro atoms. The number of aromatic nitrogens is 4. The Balaban J connectivity index is 0.000000205. The van der Waals surface area contributed by atoms with Crippen LogP contribution in [0, 0.1) is 0 Å². The fourth-order valence-corrected chi connectivity index (χ4v) is 3.21. The van der Waals surface area contributed by atoms with Crippen LogP contribution in [0.2, 0.25) is 0 Å². The van der Waals surface area contributed by atoms with E-state index in [4.69, 9.17) is 31.5 Å². The van der Waals surface area contributed by atoms with Crippen LogP contribution in [0.4, 0.5) is 5.95 Å². The third-order valence-electron chi connectivity index (χ3n) is 4.95. The number of aliphatic hydroxyl groups is 3. The van der Waals surface area contributed by atoms with Crippen LogP contribution in [0.15, 0.2) is 35.4 Å². The first kappa shape index (κ1) is 24.1. The second-order valence-electron chi connectivity index (χ2n) is 7.32. The highest BCUT2D eigenvalue weighted by Crippen LogP contribution is 2.30. The molecule has 1 saturated heterocycles. The zero-order chi connectivity index (χ0) is 24.3. The van der Waals surface area contributed by atoms with Crippen molar-refractivity contribution in [3.05, 3.63) is 46.5 Å². The fourth-order valence-electron chi connectivity index (χ4n) is 3.21. The minimum Gasteiger partial charge on any atom is -0.508 e. The first-order chi connectivity index (χ1) is 15.6. The largest absolute Gasteiger partial charge is 0.508 e. The molecule has 5 atom stereocenters. The monoisotopic (exact) mass is 464 g/mol. The van der Waals surface area contributed by atoms with Crippen molar-refractivity contribution in [3.8, 4) is 5.75 Å². The quantitative estimate of drug-likeness (QED) is 0.198. The van der Waals surface area contributed by atoms with Crippen molar-refractivity contribution in [2.45, 2.75) is 37.0 Å². The normalized spacial score (nSPS) is 23.2. The molecule has 178 valence electrons. The SMILES string of the molecule is NC(Cc1ccc(O)cc1)C(=O)O.Nc1nc2c(ncn2[C@@H]2O[C@H](CO)[C@@H](O)[C@H]2O)c(=O)[nH]1. The molecule has 2 aromatic heterocycles. The van der Waals surface area contributed by atoms with Crippen molar-refractivity contribution < 1.29 is 35.1 Å². The van der Waals surface area contributed by atoms with Gasteiger partial charge in [0.05, 0.1) is 12.9 Å². The van der Waals surface area contributed by atoms with E-state index in [0.29, 0.717) is 0 Å². The summed E-state index contributed by atoms with van der Waals surface area (Å²) in [6.45, 7) is -0.447. The van der Waals surface area contributed by atoms with Crippen LogP contribution >= 0.6 is 0 Å². The van der Waals surface area contributed by atoms with Crippen LogP contribution in [-0.4, -0.2) is 82.0 Å². The fraction of sp³-hybridized carbons (Fsp3) is 0.368. The maximum absolute atomic E-state index is 11.7. The maximum atomic E-state index is 11.7. The van der Waals surface area contributed by atoms with E-state index in [9.17, 15) is 19.8 Å². The number of rotatable bonds is 5. The van der Waals surface area contributed by atoms with Crippen molar-refractivity contribution >= 4 is 23.1 Å². The van der Waals surface area contributed by atoms with E-state index in [-0.39, 0.29) is 29.3 Å². The second kappa shape index (κ2) is 9.93. The molecule has 0 bridgehead atoms. The van der Waals surface area contributed by atoms with E-state index in [1.54, 1.807) is 12.1 Å². The summed E-state index contributed by atoms with van der Waals surface area (Å²) in [6.07, 6.45) is -2.94. The van der Waals surface area contributed by atoms with Crippen molar-refractivity contribution in [1.29, 1.82) is 0 Å². The number of benzene rings is 1. The van der Waals surface area contributed by atoms with Crippen LogP contribution in [-0.2, 0) is 16.0 Å². The average Bonchev–Trinajstić information content (AvgIpc) is 3.31. The first-order valence-corrected chi connectivity index (χ1v) is 9.73. The van der Waals surface area contributed by atoms with Gasteiger partial charge in [-0.1, -0.05) is 12.1 Å². The molecule has 1 fully saturated rings. The number of fused-ring (bicyclic) bond motifs is 1. The molecule has 0 radical (unpaired) electrons. The van der Waals surface area contributed by atoms with Crippen LogP contribution in [0.5, 0.6) is 5.75 Å². The third-order valence-corrected chi connectivity index (χ3v) is 4.95. The summed E-state index contributed by atoms with van der Waals surface area (Å²) in [4.78, 5) is 32.2. The van der Waals surface area contributed by atoms with Gasteiger partial charge in [-0.15, -0.1) is 0 Å². The van der Waals surface area contributed by atoms with E-state index in [2.05, 4.69) is 15.0 Å². The summed E-state index contributed by atoms with van der Waals surface area (Å²) < 4.78 is 6.64. The van der Waals surface area contributed by atoms with E-state index < -0.39 is 48.7 Å². The summed E-state index contributed by atoms with van der Waals surface area (Å²) >= 11 is 0. The van der Waals surface area contributed by atoms with Gasteiger partial charge in [0.2, 0.25) is 5.95 Å². The van der Waals surface area contributed by atoms with Crippen LogP contribution < -0.4 is 17.0 Å². The Morgan fingerprint density at radius 2 is 1.91 bits per heavy atom. The van der Waals surface area contributed by atoms with Gasteiger partial charge in [-0.2, -0.15) is 4.98 Å². The average molecular weight is 464 g/mol. The highest BCUT2D eigenvalue weighted by Gasteiger charge is 2.44. The Morgan fingerprint density at radius 1 is 1.24 bits per heavy atom. The van der Waals surface area contributed by atoms with Gasteiger partial charge in [0.1, 0.15) is 30.1 Å². The Labute approximate surface area is 185 Å². The van der Waals surface area contributed by atoms with Crippen LogP contribution in [0.25, 0.3) is 11.2 Å². The number of phenolic OH excluding ortho intramolecular Hbond substituents is 1. The predicted molar refractivity (Wildman–Crippen MR) is 113 cm³/mol. The molecule has 1 aliphatic rings. The Morgan fingerprint density at radius 3 is 2.48 bits per heavy atom. The number of carboxylic acids is 1. The van der Waals surface area contributed by atoms with Crippen LogP contribution in [0.3, 0.4) is 0 Å². The molecule has 3 heterocycles. The number of anilines is 1. The number of aromatic hydroxyl groups is 1. The number of aromatic amines is 1. The molecule has 14 heteroatoms. The minimum atomic E-state index is -1.29. The van der Waals surface area contributed by atoms with Gasteiger partial charge in [0, 0.05) is 0 Å². The van der Waals surface area contributed by atoms with Gasteiger partial charge in [-0.3, -0.25) is 19.1 Å². The van der Waals surface area contributed by atoms with Gasteiger partial charge in [-0.05, 0) is 24.1 Å². The molecule has 1 unspecified atom stereocenters. The highest BCUT2D eigenvalue weighted by molar-refractivity contribution is 5.73. The number of carbonyl (C=O) groups is 1. The van der Waals surface area contributed by atoms with Gasteiger partial charge in [0.25, 0.3) is 5.56 Å². The number of hydrogen-bond donors (Lipinski definition) is 8. The summed E-state index contributed by atoms with van der Waals surface area (Å²) in [7, 11) is 0.